The Kier molecular flexibility index (Phi) is 15.0. The van der Waals surface area contributed by atoms with Gasteiger partial charge in [-0.3, -0.25) is 0 Å². The van der Waals surface area contributed by atoms with Crippen LogP contribution in [0.3, 0.4) is 0 Å². The van der Waals surface area contributed by atoms with Crippen LogP contribution in [0.5, 0.6) is 0 Å². The number of ether oxygens (including phenoxy) is 8. The van der Waals surface area contributed by atoms with Crippen molar-refractivity contribution >= 4 is 0 Å². The molecular weight excluding hydrogens is 1020 g/mol. The van der Waals surface area contributed by atoms with Crippen LogP contribution in [-0.4, -0.2) is 98.8 Å². The van der Waals surface area contributed by atoms with E-state index in [0.29, 0.717) is 18.9 Å². The van der Waals surface area contributed by atoms with Gasteiger partial charge >= 0.3 is 104 Å². The van der Waals surface area contributed by atoms with Crippen molar-refractivity contribution in [2.75, 3.05) is 0 Å². The number of alkyl halides is 36. The third kappa shape index (κ3) is 12.7. The second-order valence-electron chi connectivity index (χ2n) is 9.55. The van der Waals surface area contributed by atoms with Crippen LogP contribution in [0.15, 0.2) is 0 Å². The molecule has 0 aromatic carbocycles. The van der Waals surface area contributed by atoms with Gasteiger partial charge in [-0.25, -0.2) is 37.9 Å². The lowest BCUT2D eigenvalue weighted by Crippen LogP contribution is -2.78. The van der Waals surface area contributed by atoms with E-state index in [0.717, 1.165) is 18.9 Å². The molecule has 0 saturated heterocycles. The molecule has 0 amide bonds. The molecule has 0 unspecified atom stereocenters. The van der Waals surface area contributed by atoms with Crippen LogP contribution in [0.1, 0.15) is 0 Å². The highest BCUT2D eigenvalue weighted by atomic mass is 19.4. The minimum atomic E-state index is -10.9. The minimum Gasteiger partial charge on any atom is -0.247 e. The van der Waals surface area contributed by atoms with Crippen LogP contribution in [0.2, 0.25) is 0 Å². The van der Waals surface area contributed by atoms with Crippen molar-refractivity contribution in [1.82, 2.24) is 0 Å². The van der Waals surface area contributed by atoms with Crippen molar-refractivity contribution in [1.29, 1.82) is 0 Å². The predicted molar refractivity (Wildman–Crippen MR) is 94.7 cm³/mol. The molecule has 0 saturated carbocycles. The van der Waals surface area contributed by atoms with Gasteiger partial charge < -0.3 is 0 Å². The van der Waals surface area contributed by atoms with Crippen molar-refractivity contribution in [2.24, 2.45) is 5.41 Å². The fourth-order valence-electron chi connectivity index (χ4n) is 3.02. The average molecular weight is 1020 g/mol. The molecule has 0 radical (unpaired) electrons. The zero-order valence-corrected chi connectivity index (χ0v) is 25.4. The molecule has 0 aliphatic rings. The van der Waals surface area contributed by atoms with Crippen LogP contribution in [-0.2, 0) is 37.9 Å². The van der Waals surface area contributed by atoms with Gasteiger partial charge in [0.05, 0.1) is 0 Å². The smallest absolute Gasteiger partial charge is 0.247 e. The Labute approximate surface area is 301 Å². The normalized spacial score (nSPS) is 16.7. The second-order valence-corrected chi connectivity index (χ2v) is 9.55. The lowest BCUT2D eigenvalue weighted by Gasteiger charge is -2.51. The average Bonchev–Trinajstić information content (AvgIpc) is 2.78. The maximum absolute atomic E-state index is 15.1. The summed E-state index contributed by atoms with van der Waals surface area (Å²) in [4.78, 5) is 0. The van der Waals surface area contributed by atoms with Crippen molar-refractivity contribution in [3.05, 3.63) is 0 Å². The van der Waals surface area contributed by atoms with Crippen LogP contribution >= 0.6 is 0 Å². The Morgan fingerprint density at radius 3 is 0.328 bits per heavy atom. The largest absolute Gasteiger partial charge is 0.527 e. The summed E-state index contributed by atoms with van der Waals surface area (Å²) < 4.78 is 491. The van der Waals surface area contributed by atoms with Crippen molar-refractivity contribution < 1.29 is 196 Å². The molecule has 0 spiro atoms. The van der Waals surface area contributed by atoms with Gasteiger partial charge in [-0.15, -0.1) is 52.7 Å². The standard InChI is InChI=1S/C17F36O8/c18-2(19,54-6(26,27)10(34,35)58-14(42,43)44)1(3(20,21)55-7(28,29)11(36,37)59-15(45,46)47,4(22,23)56-8(30,31)12(38,39)60-16(48,49)50)5(24,25)57-9(32,33)13(40,41)61-17(51,52)53. The summed E-state index contributed by atoms with van der Waals surface area (Å²) in [6, 6.07) is 0. The summed E-state index contributed by atoms with van der Waals surface area (Å²) in [5.74, 6) is 0. The predicted octanol–water partition coefficient (Wildman–Crippen LogP) is 11.3. The van der Waals surface area contributed by atoms with E-state index in [4.69, 9.17) is 0 Å². The van der Waals surface area contributed by atoms with Crippen LogP contribution in [0.25, 0.3) is 0 Å². The summed E-state index contributed by atoms with van der Waals surface area (Å²) in [7, 11) is 0. The Morgan fingerprint density at radius 1 is 0.131 bits per heavy atom. The third-order valence-electron chi connectivity index (χ3n) is 5.10. The number of hydrogen-bond acceptors (Lipinski definition) is 8. The van der Waals surface area contributed by atoms with E-state index in [1.54, 1.807) is 0 Å². The van der Waals surface area contributed by atoms with Gasteiger partial charge in [-0.1, -0.05) is 0 Å². The molecule has 61 heavy (non-hydrogen) atoms. The van der Waals surface area contributed by atoms with E-state index in [1.165, 1.54) is 0 Å². The highest BCUT2D eigenvalue weighted by Crippen LogP contribution is 2.70. The number of rotatable bonds is 20. The topological polar surface area (TPSA) is 73.8 Å². The van der Waals surface area contributed by atoms with E-state index < -0.39 is 104 Å². The molecular formula is C17F36O8. The second kappa shape index (κ2) is 15.7. The molecule has 368 valence electrons. The van der Waals surface area contributed by atoms with Crippen molar-refractivity contribution in [3.8, 4) is 0 Å². The number of halogens is 36. The van der Waals surface area contributed by atoms with Crippen molar-refractivity contribution in [3.63, 3.8) is 0 Å². The van der Waals surface area contributed by atoms with Gasteiger partial charge in [-0.05, 0) is 0 Å². The molecule has 8 nitrogen and oxygen atoms in total. The first-order valence-corrected chi connectivity index (χ1v) is 12.1. The summed E-state index contributed by atoms with van der Waals surface area (Å²) >= 11 is 0. The fraction of sp³-hybridized carbons (Fsp3) is 1.00. The zero-order chi connectivity index (χ0) is 50.2. The molecule has 0 aromatic heterocycles. The maximum atomic E-state index is 15.1. The first-order chi connectivity index (χ1) is 25.7. The van der Waals surface area contributed by atoms with Gasteiger partial charge in [0.1, 0.15) is 0 Å². The van der Waals surface area contributed by atoms with Crippen LogP contribution in [0.4, 0.5) is 158 Å². The molecule has 0 N–H and O–H groups in total. The SMILES string of the molecule is FC(F)(F)OC(F)(F)C(F)(F)OC(F)(F)C(C(F)(F)OC(F)(F)C(F)(F)OC(F)(F)F)(C(F)(F)OC(F)(F)C(F)(F)OC(F)(F)F)C(F)(F)OC(F)(F)C(F)(F)OC(F)(F)F. The number of hydrogen-bond donors (Lipinski definition) is 0. The molecule has 0 atom stereocenters. The summed E-state index contributed by atoms with van der Waals surface area (Å²) in [5, 5.41) is 0. The van der Waals surface area contributed by atoms with Gasteiger partial charge in [0, 0.05) is 0 Å². The zero-order valence-electron chi connectivity index (χ0n) is 25.4. The highest BCUT2D eigenvalue weighted by molar-refractivity contribution is 5.09. The molecule has 44 heteroatoms. The third-order valence-corrected chi connectivity index (χ3v) is 5.10. The summed E-state index contributed by atoms with van der Waals surface area (Å²) in [5.41, 5.74) is -10.9. The monoisotopic (exact) mass is 1020 g/mol. The fourth-order valence-corrected chi connectivity index (χ4v) is 3.02. The lowest BCUT2D eigenvalue weighted by atomic mass is 9.80. The Morgan fingerprint density at radius 2 is 0.230 bits per heavy atom. The van der Waals surface area contributed by atoms with E-state index in [2.05, 4.69) is 0 Å². The summed E-state index contributed by atoms with van der Waals surface area (Å²) in [6.45, 7) is 0. The van der Waals surface area contributed by atoms with Gasteiger partial charge in [0.25, 0.3) is 0 Å². The summed E-state index contributed by atoms with van der Waals surface area (Å²) in [6.07, 6.45) is -143. The maximum Gasteiger partial charge on any atom is 0.527 e. The molecule has 0 aromatic rings. The minimum absolute atomic E-state index is 0.650. The first kappa shape index (κ1) is 58.2. The molecule has 0 heterocycles. The quantitative estimate of drug-likeness (QED) is 0.112. The van der Waals surface area contributed by atoms with Gasteiger partial charge in [0.15, 0.2) is 0 Å². The van der Waals surface area contributed by atoms with E-state index >= 15 is 35.1 Å². The molecule has 0 rings (SSSR count). The van der Waals surface area contributed by atoms with Crippen LogP contribution in [0, 0.1) is 5.41 Å². The molecule has 0 bridgehead atoms. The van der Waals surface area contributed by atoms with E-state index in [9.17, 15) is 123 Å². The molecule has 0 aliphatic heterocycles. The van der Waals surface area contributed by atoms with Gasteiger partial charge in [-0.2, -0.15) is 105 Å². The van der Waals surface area contributed by atoms with Crippen LogP contribution < -0.4 is 0 Å². The molecule has 0 fully saturated rings. The Balaban J connectivity index is 9.23. The highest BCUT2D eigenvalue weighted by Gasteiger charge is 2.99. The Hall–Kier alpha value is -2.84. The van der Waals surface area contributed by atoms with E-state index in [-0.39, 0.29) is 0 Å². The van der Waals surface area contributed by atoms with E-state index in [1.807, 2.05) is 0 Å². The molecule has 0 aliphatic carbocycles. The Bertz CT molecular complexity index is 1260. The van der Waals surface area contributed by atoms with Crippen molar-refractivity contribution in [2.45, 2.75) is 98.8 Å². The van der Waals surface area contributed by atoms with Gasteiger partial charge in [0.2, 0.25) is 0 Å². The first-order valence-electron chi connectivity index (χ1n) is 12.1. The lowest BCUT2D eigenvalue weighted by molar-refractivity contribution is -0.645.